The highest BCUT2D eigenvalue weighted by Gasteiger charge is 2.36. The van der Waals surface area contributed by atoms with Crippen LogP contribution in [-0.2, 0) is 15.6 Å². The molecule has 0 unspecified atom stereocenters. The van der Waals surface area contributed by atoms with E-state index in [2.05, 4.69) is 55.1 Å². The Balaban J connectivity index is 2.23. The molecule has 0 spiro atoms. The minimum Gasteiger partial charge on any atom is -0.415 e. The fraction of sp³-hybridized carbons (Fsp3) is 0.588. The third-order valence-electron chi connectivity index (χ3n) is 4.25. The molecule has 124 valence electrons. The number of halogens is 1. The van der Waals surface area contributed by atoms with Crippen LogP contribution in [0.25, 0.3) is 0 Å². The molecule has 5 heteroatoms. The van der Waals surface area contributed by atoms with Gasteiger partial charge in [0.1, 0.15) is 0 Å². The maximum absolute atomic E-state index is 11.8. The minimum atomic E-state index is -1.71. The van der Waals surface area contributed by atoms with Crippen molar-refractivity contribution in [3.63, 3.8) is 0 Å². The van der Waals surface area contributed by atoms with E-state index < -0.39 is 8.32 Å². The molecule has 0 aliphatic heterocycles. The first-order valence-corrected chi connectivity index (χ1v) is 11.5. The Bertz CT molecular complexity index is 480. The molecule has 0 bridgehead atoms. The summed E-state index contributed by atoms with van der Waals surface area (Å²) in [5, 5.41) is 3.14. The summed E-state index contributed by atoms with van der Waals surface area (Å²) < 4.78 is 7.10. The Morgan fingerprint density at radius 2 is 1.82 bits per heavy atom. The second-order valence-corrected chi connectivity index (χ2v) is 12.8. The molecule has 0 aromatic heterocycles. The molecule has 3 nitrogen and oxygen atoms in total. The van der Waals surface area contributed by atoms with E-state index in [1.165, 1.54) is 5.56 Å². The number of aryl methyl sites for hydroxylation is 1. The zero-order valence-electron chi connectivity index (χ0n) is 14.3. The molecule has 0 aliphatic carbocycles. The summed E-state index contributed by atoms with van der Waals surface area (Å²) in [7, 11) is -1.71. The first kappa shape index (κ1) is 19.4. The van der Waals surface area contributed by atoms with Crippen LogP contribution < -0.4 is 5.32 Å². The van der Waals surface area contributed by atoms with E-state index in [4.69, 9.17) is 4.43 Å². The Morgan fingerprint density at radius 3 is 2.36 bits per heavy atom. The molecule has 1 aromatic carbocycles. The van der Waals surface area contributed by atoms with Crippen molar-refractivity contribution < 1.29 is 9.22 Å². The van der Waals surface area contributed by atoms with E-state index in [1.54, 1.807) is 0 Å². The van der Waals surface area contributed by atoms with Crippen LogP contribution >= 0.6 is 15.9 Å². The lowest BCUT2D eigenvalue weighted by Gasteiger charge is -2.36. The molecule has 1 amide bonds. The van der Waals surface area contributed by atoms with Crippen LogP contribution in [0.5, 0.6) is 0 Å². The van der Waals surface area contributed by atoms with Crippen molar-refractivity contribution in [1.29, 1.82) is 0 Å². The van der Waals surface area contributed by atoms with Gasteiger partial charge in [-0.05, 0) is 42.2 Å². The molecule has 0 heterocycles. The SMILES string of the molecule is CC(C)(C)[Si](C)(C)OCCNC(=O)CCc1ccc(Br)cc1. The van der Waals surface area contributed by atoms with Crippen LogP contribution in [0.1, 0.15) is 32.8 Å². The molecule has 0 fully saturated rings. The van der Waals surface area contributed by atoms with Gasteiger partial charge in [-0.3, -0.25) is 4.79 Å². The molecule has 1 aromatic rings. The Hall–Kier alpha value is -0.653. The first-order valence-electron chi connectivity index (χ1n) is 7.77. The fourth-order valence-corrected chi connectivity index (χ4v) is 3.02. The lowest BCUT2D eigenvalue weighted by Crippen LogP contribution is -2.42. The fourth-order valence-electron chi connectivity index (χ4n) is 1.71. The normalized spacial score (nSPS) is 12.3. The van der Waals surface area contributed by atoms with E-state index in [-0.39, 0.29) is 10.9 Å². The van der Waals surface area contributed by atoms with Crippen molar-refractivity contribution in [2.75, 3.05) is 13.2 Å². The number of carbonyl (C=O) groups excluding carboxylic acids is 1. The van der Waals surface area contributed by atoms with Crippen molar-refractivity contribution in [1.82, 2.24) is 5.32 Å². The lowest BCUT2D eigenvalue weighted by atomic mass is 10.1. The van der Waals surface area contributed by atoms with E-state index in [0.29, 0.717) is 19.6 Å². The highest BCUT2D eigenvalue weighted by Crippen LogP contribution is 2.36. The van der Waals surface area contributed by atoms with Gasteiger partial charge in [0.25, 0.3) is 0 Å². The number of benzene rings is 1. The predicted molar refractivity (Wildman–Crippen MR) is 98.6 cm³/mol. The predicted octanol–water partition coefficient (Wildman–Crippen LogP) is 4.52. The van der Waals surface area contributed by atoms with Crippen LogP contribution in [0.3, 0.4) is 0 Å². The minimum absolute atomic E-state index is 0.0850. The maximum Gasteiger partial charge on any atom is 0.220 e. The summed E-state index contributed by atoms with van der Waals surface area (Å²) in [5.74, 6) is 0.0850. The number of amides is 1. The Morgan fingerprint density at radius 1 is 1.23 bits per heavy atom. The van der Waals surface area contributed by atoms with Crippen LogP contribution in [0.4, 0.5) is 0 Å². The van der Waals surface area contributed by atoms with E-state index in [1.807, 2.05) is 24.3 Å². The molecular weight excluding hydrogens is 358 g/mol. The average molecular weight is 386 g/mol. The second kappa shape index (κ2) is 8.27. The van der Waals surface area contributed by atoms with Gasteiger partial charge in [-0.15, -0.1) is 0 Å². The van der Waals surface area contributed by atoms with Crippen molar-refractivity contribution >= 4 is 30.2 Å². The molecule has 1 N–H and O–H groups in total. The summed E-state index contributed by atoms with van der Waals surface area (Å²) in [6.07, 6.45) is 1.28. The van der Waals surface area contributed by atoms with E-state index in [0.717, 1.165) is 10.9 Å². The monoisotopic (exact) mass is 385 g/mol. The maximum atomic E-state index is 11.8. The Kier molecular flexibility index (Phi) is 7.29. The van der Waals surface area contributed by atoms with Crippen molar-refractivity contribution in [3.05, 3.63) is 34.3 Å². The summed E-state index contributed by atoms with van der Waals surface area (Å²) in [6.45, 7) is 12.3. The van der Waals surface area contributed by atoms with Crippen LogP contribution in [0, 0.1) is 0 Å². The highest BCUT2D eigenvalue weighted by molar-refractivity contribution is 9.10. The van der Waals surface area contributed by atoms with Gasteiger partial charge in [-0.25, -0.2) is 0 Å². The van der Waals surface area contributed by atoms with E-state index in [9.17, 15) is 4.79 Å². The molecule has 0 aliphatic rings. The van der Waals surface area contributed by atoms with Crippen molar-refractivity contribution in [2.24, 2.45) is 0 Å². The number of nitrogens with one attached hydrogen (secondary N) is 1. The van der Waals surface area contributed by atoms with Gasteiger partial charge in [0.05, 0.1) is 6.61 Å². The quantitative estimate of drug-likeness (QED) is 0.553. The van der Waals surface area contributed by atoms with Crippen molar-refractivity contribution in [2.45, 2.75) is 51.7 Å². The molecule has 1 rings (SSSR count). The van der Waals surface area contributed by atoms with Gasteiger partial charge >= 0.3 is 0 Å². The smallest absolute Gasteiger partial charge is 0.220 e. The molecule has 0 radical (unpaired) electrons. The van der Waals surface area contributed by atoms with Gasteiger partial charge in [-0.1, -0.05) is 48.8 Å². The summed E-state index contributed by atoms with van der Waals surface area (Å²) >= 11 is 3.41. The third kappa shape index (κ3) is 6.63. The largest absolute Gasteiger partial charge is 0.415 e. The molecule has 22 heavy (non-hydrogen) atoms. The van der Waals surface area contributed by atoms with Gasteiger partial charge in [0.15, 0.2) is 8.32 Å². The number of carbonyl (C=O) groups is 1. The van der Waals surface area contributed by atoms with Crippen LogP contribution in [0.2, 0.25) is 18.1 Å². The van der Waals surface area contributed by atoms with Gasteiger partial charge < -0.3 is 9.74 Å². The zero-order chi connectivity index (χ0) is 16.8. The number of rotatable bonds is 7. The second-order valence-electron chi connectivity index (χ2n) is 7.09. The zero-order valence-corrected chi connectivity index (χ0v) is 16.9. The molecular formula is C17H28BrNO2Si. The molecule has 0 atom stereocenters. The van der Waals surface area contributed by atoms with Gasteiger partial charge in [0.2, 0.25) is 5.91 Å². The lowest BCUT2D eigenvalue weighted by molar-refractivity contribution is -0.121. The summed E-state index contributed by atoms with van der Waals surface area (Å²) in [5.41, 5.74) is 1.18. The Labute approximate surface area is 144 Å². The van der Waals surface area contributed by atoms with Crippen LogP contribution in [-0.4, -0.2) is 27.4 Å². The summed E-state index contributed by atoms with van der Waals surface area (Å²) in [6, 6.07) is 8.08. The van der Waals surface area contributed by atoms with E-state index >= 15 is 0 Å². The number of hydrogen-bond donors (Lipinski definition) is 1. The molecule has 0 saturated carbocycles. The van der Waals surface area contributed by atoms with Gasteiger partial charge in [0, 0.05) is 17.4 Å². The average Bonchev–Trinajstić information content (AvgIpc) is 2.42. The van der Waals surface area contributed by atoms with Crippen LogP contribution in [0.15, 0.2) is 28.7 Å². The highest BCUT2D eigenvalue weighted by atomic mass is 79.9. The van der Waals surface area contributed by atoms with Crippen molar-refractivity contribution in [3.8, 4) is 0 Å². The summed E-state index contributed by atoms with van der Waals surface area (Å²) in [4.78, 5) is 11.8. The first-order chi connectivity index (χ1) is 10.1. The standard InChI is InChI=1S/C17H28BrNO2Si/c1-17(2,3)22(4,5)21-13-12-19-16(20)11-8-14-6-9-15(18)10-7-14/h6-7,9-10H,8,11-13H2,1-5H3,(H,19,20). The number of hydrogen-bond acceptors (Lipinski definition) is 2. The third-order valence-corrected chi connectivity index (χ3v) is 9.31. The van der Waals surface area contributed by atoms with Gasteiger partial charge in [-0.2, -0.15) is 0 Å². The molecule has 0 saturated heterocycles. The topological polar surface area (TPSA) is 38.3 Å².